The van der Waals surface area contributed by atoms with E-state index in [0.717, 1.165) is 24.1 Å². The van der Waals surface area contributed by atoms with Gasteiger partial charge in [-0.1, -0.05) is 63.6 Å². The van der Waals surface area contributed by atoms with Gasteiger partial charge in [-0.05, 0) is 18.1 Å². The van der Waals surface area contributed by atoms with E-state index in [9.17, 15) is 4.79 Å². The number of para-hydroxylation sites is 1. The Kier molecular flexibility index (Phi) is 8.76. The van der Waals surface area contributed by atoms with Gasteiger partial charge in [-0.3, -0.25) is 4.79 Å². The molecule has 0 aromatic heterocycles. The molecule has 3 heteroatoms. The highest BCUT2D eigenvalue weighted by molar-refractivity contribution is 5.93. The van der Waals surface area contributed by atoms with Gasteiger partial charge in [0.25, 0.3) is 0 Å². The first-order valence-corrected chi connectivity index (χ1v) is 8.25. The van der Waals surface area contributed by atoms with Gasteiger partial charge in [-0.2, -0.15) is 0 Å². The topological polar surface area (TPSA) is 46.3 Å². The van der Waals surface area contributed by atoms with Crippen LogP contribution in [0, 0.1) is 0 Å². The van der Waals surface area contributed by atoms with Crippen LogP contribution in [0.4, 0.5) is 5.69 Å². The van der Waals surface area contributed by atoms with Crippen LogP contribution in [-0.2, 0) is 11.3 Å². The molecular weight excluding hydrogens is 260 g/mol. The molecule has 0 aliphatic carbocycles. The van der Waals surface area contributed by atoms with E-state index in [1.807, 2.05) is 31.3 Å². The van der Waals surface area contributed by atoms with Crippen LogP contribution >= 0.6 is 0 Å². The zero-order chi connectivity index (χ0) is 15.5. The minimum atomic E-state index is 0.185. The van der Waals surface area contributed by atoms with Crippen molar-refractivity contribution in [3.63, 3.8) is 0 Å². The second-order valence-corrected chi connectivity index (χ2v) is 5.66. The number of amides is 1. The SMILES string of the molecule is CCCCCCCCCC(=O)N(C)c1ccccc1CN. The molecule has 0 aliphatic rings. The van der Waals surface area contributed by atoms with E-state index in [4.69, 9.17) is 5.73 Å². The van der Waals surface area contributed by atoms with Gasteiger partial charge >= 0.3 is 0 Å². The van der Waals surface area contributed by atoms with E-state index in [0.29, 0.717) is 13.0 Å². The van der Waals surface area contributed by atoms with Crippen LogP contribution < -0.4 is 10.6 Å². The lowest BCUT2D eigenvalue weighted by Crippen LogP contribution is -2.27. The molecule has 1 rings (SSSR count). The first-order chi connectivity index (χ1) is 10.2. The summed E-state index contributed by atoms with van der Waals surface area (Å²) in [6.45, 7) is 2.69. The number of hydrogen-bond acceptors (Lipinski definition) is 2. The van der Waals surface area contributed by atoms with E-state index in [1.54, 1.807) is 4.90 Å². The van der Waals surface area contributed by atoms with Crippen molar-refractivity contribution >= 4 is 11.6 Å². The maximum Gasteiger partial charge on any atom is 0.226 e. The lowest BCUT2D eigenvalue weighted by molar-refractivity contribution is -0.118. The lowest BCUT2D eigenvalue weighted by Gasteiger charge is -2.20. The molecule has 0 radical (unpaired) electrons. The van der Waals surface area contributed by atoms with Gasteiger partial charge in [0.2, 0.25) is 5.91 Å². The molecule has 0 unspecified atom stereocenters. The molecule has 2 N–H and O–H groups in total. The number of hydrogen-bond donors (Lipinski definition) is 1. The van der Waals surface area contributed by atoms with Crippen molar-refractivity contribution < 1.29 is 4.79 Å². The smallest absolute Gasteiger partial charge is 0.226 e. The van der Waals surface area contributed by atoms with Gasteiger partial charge in [-0.15, -0.1) is 0 Å². The second-order valence-electron chi connectivity index (χ2n) is 5.66. The second kappa shape index (κ2) is 10.4. The summed E-state index contributed by atoms with van der Waals surface area (Å²) in [7, 11) is 1.85. The third-order valence-electron chi connectivity index (χ3n) is 3.94. The number of anilines is 1. The summed E-state index contributed by atoms with van der Waals surface area (Å²) < 4.78 is 0. The highest BCUT2D eigenvalue weighted by Crippen LogP contribution is 2.20. The van der Waals surface area contributed by atoms with Gasteiger partial charge in [0.05, 0.1) is 0 Å². The summed E-state index contributed by atoms with van der Waals surface area (Å²) in [6.07, 6.45) is 9.25. The van der Waals surface area contributed by atoms with Crippen molar-refractivity contribution in [1.82, 2.24) is 0 Å². The normalized spacial score (nSPS) is 10.6. The van der Waals surface area contributed by atoms with Crippen molar-refractivity contribution in [1.29, 1.82) is 0 Å². The quantitative estimate of drug-likeness (QED) is 0.655. The largest absolute Gasteiger partial charge is 0.326 e. The predicted molar refractivity (Wildman–Crippen MR) is 90.4 cm³/mol. The summed E-state index contributed by atoms with van der Waals surface area (Å²) in [6, 6.07) is 7.85. The number of nitrogens with zero attached hydrogens (tertiary/aromatic N) is 1. The van der Waals surface area contributed by atoms with Gasteiger partial charge in [-0.25, -0.2) is 0 Å². The van der Waals surface area contributed by atoms with Crippen LogP contribution in [0.1, 0.15) is 63.9 Å². The van der Waals surface area contributed by atoms with Crippen LogP contribution in [0.5, 0.6) is 0 Å². The van der Waals surface area contributed by atoms with Gasteiger partial charge in [0, 0.05) is 25.7 Å². The third kappa shape index (κ3) is 6.30. The Hall–Kier alpha value is -1.35. The highest BCUT2D eigenvalue weighted by atomic mass is 16.2. The zero-order valence-corrected chi connectivity index (χ0v) is 13.6. The monoisotopic (exact) mass is 290 g/mol. The van der Waals surface area contributed by atoms with E-state index < -0.39 is 0 Å². The average molecular weight is 290 g/mol. The van der Waals surface area contributed by atoms with Crippen LogP contribution in [-0.4, -0.2) is 13.0 Å². The summed E-state index contributed by atoms with van der Waals surface area (Å²) in [5.74, 6) is 0.185. The first kappa shape index (κ1) is 17.7. The summed E-state index contributed by atoms with van der Waals surface area (Å²) >= 11 is 0. The van der Waals surface area contributed by atoms with Crippen LogP contribution in [0.3, 0.4) is 0 Å². The molecule has 0 aliphatic heterocycles. The summed E-state index contributed by atoms with van der Waals surface area (Å²) in [4.78, 5) is 14.0. The lowest BCUT2D eigenvalue weighted by atomic mass is 10.1. The Morgan fingerprint density at radius 2 is 1.67 bits per heavy atom. The van der Waals surface area contributed by atoms with E-state index >= 15 is 0 Å². The number of unbranched alkanes of at least 4 members (excludes halogenated alkanes) is 6. The number of carbonyl (C=O) groups excluding carboxylic acids is 1. The standard InChI is InChI=1S/C18H30N2O/c1-3-4-5-6-7-8-9-14-18(21)20(2)17-13-11-10-12-16(17)15-19/h10-13H,3-9,14-15,19H2,1-2H3. The van der Waals surface area contributed by atoms with Crippen molar-refractivity contribution in [3.05, 3.63) is 29.8 Å². The number of nitrogens with two attached hydrogens (primary N) is 1. The maximum atomic E-state index is 12.2. The molecule has 0 saturated carbocycles. The fraction of sp³-hybridized carbons (Fsp3) is 0.611. The molecule has 21 heavy (non-hydrogen) atoms. The molecule has 118 valence electrons. The predicted octanol–water partition coefficient (Wildman–Crippen LogP) is 4.25. The number of benzene rings is 1. The van der Waals surface area contributed by atoms with Crippen molar-refractivity contribution in [2.24, 2.45) is 5.73 Å². The molecule has 0 bridgehead atoms. The van der Waals surface area contributed by atoms with Crippen molar-refractivity contribution in [3.8, 4) is 0 Å². The zero-order valence-electron chi connectivity index (χ0n) is 13.6. The summed E-state index contributed by atoms with van der Waals surface area (Å²) in [5, 5.41) is 0. The summed E-state index contributed by atoms with van der Waals surface area (Å²) in [5.41, 5.74) is 7.69. The average Bonchev–Trinajstić information content (AvgIpc) is 2.53. The highest BCUT2D eigenvalue weighted by Gasteiger charge is 2.12. The molecule has 3 nitrogen and oxygen atoms in total. The van der Waals surface area contributed by atoms with Crippen molar-refractivity contribution in [2.45, 2.75) is 64.8 Å². The van der Waals surface area contributed by atoms with E-state index in [-0.39, 0.29) is 5.91 Å². The molecular formula is C18H30N2O. The Balaban J connectivity index is 2.31. The molecule has 0 atom stereocenters. The Labute approximate surface area is 129 Å². The molecule has 1 aromatic rings. The molecule has 1 amide bonds. The van der Waals surface area contributed by atoms with Gasteiger partial charge in [0.15, 0.2) is 0 Å². The first-order valence-electron chi connectivity index (χ1n) is 8.25. The molecule has 0 fully saturated rings. The number of carbonyl (C=O) groups is 1. The van der Waals surface area contributed by atoms with Crippen LogP contribution in [0.2, 0.25) is 0 Å². The van der Waals surface area contributed by atoms with E-state index in [2.05, 4.69) is 6.92 Å². The maximum absolute atomic E-state index is 12.2. The van der Waals surface area contributed by atoms with Crippen LogP contribution in [0.15, 0.2) is 24.3 Å². The fourth-order valence-corrected chi connectivity index (χ4v) is 2.55. The van der Waals surface area contributed by atoms with Gasteiger partial charge in [0.1, 0.15) is 0 Å². The number of rotatable bonds is 10. The molecule has 0 spiro atoms. The van der Waals surface area contributed by atoms with E-state index in [1.165, 1.54) is 32.1 Å². The Morgan fingerprint density at radius 3 is 2.33 bits per heavy atom. The van der Waals surface area contributed by atoms with Gasteiger partial charge < -0.3 is 10.6 Å². The Bertz CT molecular complexity index is 417. The molecule has 0 saturated heterocycles. The molecule has 1 aromatic carbocycles. The molecule has 0 heterocycles. The van der Waals surface area contributed by atoms with Crippen LogP contribution in [0.25, 0.3) is 0 Å². The fourth-order valence-electron chi connectivity index (χ4n) is 2.55. The minimum Gasteiger partial charge on any atom is -0.326 e. The Morgan fingerprint density at radius 1 is 1.05 bits per heavy atom. The van der Waals surface area contributed by atoms with Crippen molar-refractivity contribution in [2.75, 3.05) is 11.9 Å². The third-order valence-corrected chi connectivity index (χ3v) is 3.94. The minimum absolute atomic E-state index is 0.185.